The first-order valence-corrected chi connectivity index (χ1v) is 9.79. The lowest BCUT2D eigenvalue weighted by atomic mass is 10.2. The number of nitro groups is 1. The molecule has 0 bridgehead atoms. The molecule has 2 aromatic carbocycles. The van der Waals surface area contributed by atoms with Gasteiger partial charge in [0.1, 0.15) is 11.5 Å². The topological polar surface area (TPSA) is 120 Å². The summed E-state index contributed by atoms with van der Waals surface area (Å²) < 4.78 is 39.5. The van der Waals surface area contributed by atoms with E-state index in [2.05, 4.69) is 15.3 Å². The molecule has 0 aliphatic rings. The number of nitrogens with zero attached hydrogens (tertiary/aromatic N) is 5. The van der Waals surface area contributed by atoms with E-state index in [4.69, 9.17) is 0 Å². The van der Waals surface area contributed by atoms with Gasteiger partial charge in [-0.25, -0.2) is 4.39 Å². The summed E-state index contributed by atoms with van der Waals surface area (Å²) in [6, 6.07) is 8.84. The van der Waals surface area contributed by atoms with Crippen molar-refractivity contribution in [2.75, 3.05) is 0 Å². The van der Waals surface area contributed by atoms with E-state index in [0.717, 1.165) is 28.4 Å². The molecule has 0 spiro atoms. The number of azo groups is 1. The SMILES string of the molecule is Cc1ccc(N=Nc2c(C)nn(S(=O)(=O)c3ccc(F)cc3)c2C)c([N+](=O)[O-])c1. The van der Waals surface area contributed by atoms with Crippen molar-refractivity contribution < 1.29 is 17.7 Å². The normalized spacial score (nSPS) is 11.9. The third-order valence-electron chi connectivity index (χ3n) is 4.14. The minimum absolute atomic E-state index is 0.0357. The summed E-state index contributed by atoms with van der Waals surface area (Å²) in [5.41, 5.74) is 1.13. The van der Waals surface area contributed by atoms with Crippen molar-refractivity contribution in [3.63, 3.8) is 0 Å². The Labute approximate surface area is 165 Å². The summed E-state index contributed by atoms with van der Waals surface area (Å²) in [5, 5.41) is 23.2. The summed E-state index contributed by atoms with van der Waals surface area (Å²) >= 11 is 0. The monoisotopic (exact) mass is 417 g/mol. The summed E-state index contributed by atoms with van der Waals surface area (Å²) in [6.07, 6.45) is 0. The lowest BCUT2D eigenvalue weighted by molar-refractivity contribution is -0.384. The van der Waals surface area contributed by atoms with Crippen molar-refractivity contribution >= 4 is 27.1 Å². The molecule has 3 aromatic rings. The van der Waals surface area contributed by atoms with Crippen molar-refractivity contribution in [3.05, 3.63) is 75.3 Å². The third-order valence-corrected chi connectivity index (χ3v) is 5.82. The highest BCUT2D eigenvalue weighted by molar-refractivity contribution is 7.89. The minimum Gasteiger partial charge on any atom is -0.258 e. The molecule has 0 N–H and O–H groups in total. The summed E-state index contributed by atoms with van der Waals surface area (Å²) in [7, 11) is -4.07. The molecule has 0 aliphatic heterocycles. The van der Waals surface area contributed by atoms with E-state index in [1.165, 1.54) is 19.1 Å². The number of benzene rings is 2. The predicted molar refractivity (Wildman–Crippen MR) is 103 cm³/mol. The van der Waals surface area contributed by atoms with Crippen molar-refractivity contribution in [1.82, 2.24) is 9.19 Å². The Kier molecular flexibility index (Phi) is 5.25. The van der Waals surface area contributed by atoms with E-state index in [-0.39, 0.29) is 33.3 Å². The van der Waals surface area contributed by atoms with Gasteiger partial charge in [0.05, 0.1) is 21.2 Å². The standard InChI is InChI=1S/C18H16FN5O4S/c1-11-4-9-16(17(10-11)24(25)26)20-21-18-12(2)22-23(13(18)3)29(27,28)15-7-5-14(19)6-8-15/h4-10H,1-3H3. The van der Waals surface area contributed by atoms with Crippen LogP contribution in [-0.4, -0.2) is 22.5 Å². The van der Waals surface area contributed by atoms with Crippen LogP contribution in [0, 0.1) is 36.7 Å². The number of aryl methyl sites for hydroxylation is 2. The zero-order valence-electron chi connectivity index (χ0n) is 15.7. The molecule has 9 nitrogen and oxygen atoms in total. The molecule has 0 saturated carbocycles. The van der Waals surface area contributed by atoms with Gasteiger partial charge in [0.2, 0.25) is 0 Å². The molecule has 3 rings (SSSR count). The molecular formula is C18H16FN5O4S. The average Bonchev–Trinajstić information content (AvgIpc) is 2.95. The molecule has 11 heteroatoms. The lowest BCUT2D eigenvalue weighted by Crippen LogP contribution is -2.16. The van der Waals surface area contributed by atoms with Crippen LogP contribution in [0.1, 0.15) is 17.0 Å². The zero-order valence-corrected chi connectivity index (χ0v) is 16.5. The Bertz CT molecular complexity index is 1230. The van der Waals surface area contributed by atoms with Crippen LogP contribution >= 0.6 is 0 Å². The summed E-state index contributed by atoms with van der Waals surface area (Å²) in [5.74, 6) is -0.563. The number of hydrogen-bond donors (Lipinski definition) is 0. The van der Waals surface area contributed by atoms with Crippen molar-refractivity contribution in [3.8, 4) is 0 Å². The van der Waals surface area contributed by atoms with Gasteiger partial charge in [-0.05, 0) is 56.7 Å². The largest absolute Gasteiger partial charge is 0.296 e. The number of hydrogen-bond acceptors (Lipinski definition) is 7. The number of aromatic nitrogens is 2. The first kappa shape index (κ1) is 20.3. The molecule has 0 amide bonds. The van der Waals surface area contributed by atoms with Gasteiger partial charge in [0.15, 0.2) is 5.69 Å². The Hall–Kier alpha value is -3.47. The number of nitro benzene ring substituents is 1. The van der Waals surface area contributed by atoms with Crippen LogP contribution in [0.2, 0.25) is 0 Å². The second-order valence-electron chi connectivity index (χ2n) is 6.27. The van der Waals surface area contributed by atoms with Gasteiger partial charge < -0.3 is 0 Å². The average molecular weight is 417 g/mol. The van der Waals surface area contributed by atoms with Gasteiger partial charge in [0, 0.05) is 6.07 Å². The fourth-order valence-corrected chi connectivity index (χ4v) is 4.02. The fourth-order valence-electron chi connectivity index (χ4n) is 2.66. The highest BCUT2D eigenvalue weighted by Gasteiger charge is 2.24. The first-order chi connectivity index (χ1) is 13.6. The summed E-state index contributed by atoms with van der Waals surface area (Å²) in [6.45, 7) is 4.74. The molecule has 1 heterocycles. The Morgan fingerprint density at radius 3 is 2.34 bits per heavy atom. The van der Waals surface area contributed by atoms with Gasteiger partial charge in [-0.15, -0.1) is 10.2 Å². The van der Waals surface area contributed by atoms with Crippen LogP contribution < -0.4 is 0 Å². The van der Waals surface area contributed by atoms with Crippen LogP contribution in [-0.2, 0) is 10.0 Å². The molecule has 0 atom stereocenters. The van der Waals surface area contributed by atoms with E-state index in [0.29, 0.717) is 5.56 Å². The van der Waals surface area contributed by atoms with Gasteiger partial charge in [0.25, 0.3) is 15.7 Å². The second kappa shape index (κ2) is 7.51. The van der Waals surface area contributed by atoms with Crippen LogP contribution in [0.25, 0.3) is 0 Å². The van der Waals surface area contributed by atoms with Crippen molar-refractivity contribution in [2.45, 2.75) is 25.7 Å². The Morgan fingerprint density at radius 2 is 1.72 bits per heavy atom. The number of halogens is 1. The first-order valence-electron chi connectivity index (χ1n) is 8.35. The van der Waals surface area contributed by atoms with Crippen molar-refractivity contribution in [1.29, 1.82) is 0 Å². The summed E-state index contributed by atoms with van der Waals surface area (Å²) in [4.78, 5) is 10.5. The predicted octanol–water partition coefficient (Wildman–Crippen LogP) is 4.51. The quantitative estimate of drug-likeness (QED) is 0.344. The van der Waals surface area contributed by atoms with E-state index in [1.807, 2.05) is 0 Å². The second-order valence-corrected chi connectivity index (χ2v) is 8.04. The maximum atomic E-state index is 13.1. The Morgan fingerprint density at radius 1 is 1.07 bits per heavy atom. The van der Waals surface area contributed by atoms with E-state index < -0.39 is 20.8 Å². The van der Waals surface area contributed by atoms with Crippen LogP contribution in [0.15, 0.2) is 57.6 Å². The van der Waals surface area contributed by atoms with Gasteiger partial charge in [-0.1, -0.05) is 6.07 Å². The third kappa shape index (κ3) is 3.90. The molecule has 1 aromatic heterocycles. The highest BCUT2D eigenvalue weighted by atomic mass is 32.2. The zero-order chi connectivity index (χ0) is 21.3. The van der Waals surface area contributed by atoms with Crippen LogP contribution in [0.4, 0.5) is 21.5 Å². The van der Waals surface area contributed by atoms with Gasteiger partial charge in [-0.3, -0.25) is 10.1 Å². The maximum Gasteiger partial charge on any atom is 0.296 e. The lowest BCUT2D eigenvalue weighted by Gasteiger charge is -2.06. The van der Waals surface area contributed by atoms with Crippen molar-refractivity contribution in [2.24, 2.45) is 10.2 Å². The molecule has 0 saturated heterocycles. The van der Waals surface area contributed by atoms with Crippen LogP contribution in [0.3, 0.4) is 0 Å². The van der Waals surface area contributed by atoms with Crippen LogP contribution in [0.5, 0.6) is 0 Å². The number of rotatable bonds is 5. The van der Waals surface area contributed by atoms with Gasteiger partial charge in [-0.2, -0.15) is 17.6 Å². The Balaban J connectivity index is 2.04. The highest BCUT2D eigenvalue weighted by Crippen LogP contribution is 2.32. The molecule has 0 fully saturated rings. The fraction of sp³-hybridized carbons (Fsp3) is 0.167. The molecular weight excluding hydrogens is 401 g/mol. The van der Waals surface area contributed by atoms with E-state index in [1.54, 1.807) is 19.9 Å². The maximum absolute atomic E-state index is 13.1. The smallest absolute Gasteiger partial charge is 0.258 e. The van der Waals surface area contributed by atoms with E-state index >= 15 is 0 Å². The molecule has 0 unspecified atom stereocenters. The van der Waals surface area contributed by atoms with E-state index in [9.17, 15) is 22.9 Å². The van der Waals surface area contributed by atoms with Gasteiger partial charge >= 0.3 is 0 Å². The molecule has 150 valence electrons. The molecule has 29 heavy (non-hydrogen) atoms. The molecule has 0 aliphatic carbocycles. The molecule has 0 radical (unpaired) electrons. The minimum atomic E-state index is -4.07.